The van der Waals surface area contributed by atoms with Gasteiger partial charge in [0.2, 0.25) is 0 Å². The van der Waals surface area contributed by atoms with Crippen LogP contribution >= 0.6 is 0 Å². The highest BCUT2D eigenvalue weighted by Crippen LogP contribution is 2.23. The smallest absolute Gasteiger partial charge is 0.120 e. The maximum Gasteiger partial charge on any atom is 0.120 e. The lowest BCUT2D eigenvalue weighted by Crippen LogP contribution is -2.15. The zero-order valence-corrected chi connectivity index (χ0v) is 10.9. The van der Waals surface area contributed by atoms with Gasteiger partial charge in [-0.3, -0.25) is 0 Å². The molecule has 0 aliphatic heterocycles. The largest absolute Gasteiger partial charge is 0.486 e. The Hall–Kier alpha value is -1.24. The van der Waals surface area contributed by atoms with Gasteiger partial charge in [0.15, 0.2) is 0 Å². The summed E-state index contributed by atoms with van der Waals surface area (Å²) in [6.45, 7) is 4.49. The number of hydrogen-bond donors (Lipinski definition) is 0. The highest BCUT2D eigenvalue weighted by Gasteiger charge is 2.10. The summed E-state index contributed by atoms with van der Waals surface area (Å²) in [5.74, 6) is 1.63. The molecule has 0 fully saturated rings. The maximum absolute atomic E-state index is 5.94. The fourth-order valence-corrected chi connectivity index (χ4v) is 2.16. The maximum atomic E-state index is 5.94. The molecule has 1 heteroatoms. The molecule has 17 heavy (non-hydrogen) atoms. The minimum atomic E-state index is 0.276. The average molecular weight is 230 g/mol. The van der Waals surface area contributed by atoms with Gasteiger partial charge in [0, 0.05) is 0 Å². The van der Waals surface area contributed by atoms with Gasteiger partial charge in [0.25, 0.3) is 0 Å². The van der Waals surface area contributed by atoms with E-state index in [1.807, 2.05) is 0 Å². The Morgan fingerprint density at radius 1 is 1.29 bits per heavy atom. The van der Waals surface area contributed by atoms with Crippen molar-refractivity contribution in [1.82, 2.24) is 0 Å². The van der Waals surface area contributed by atoms with Crippen LogP contribution in [0.1, 0.15) is 51.0 Å². The van der Waals surface area contributed by atoms with Gasteiger partial charge in [0.05, 0.1) is 0 Å². The van der Waals surface area contributed by atoms with Crippen molar-refractivity contribution < 1.29 is 4.74 Å². The van der Waals surface area contributed by atoms with Crippen molar-refractivity contribution in [3.05, 3.63) is 42.0 Å². The van der Waals surface area contributed by atoms with Crippen molar-refractivity contribution in [3.8, 4) is 5.75 Å². The molecule has 0 heterocycles. The lowest BCUT2D eigenvalue weighted by molar-refractivity contribution is 0.230. The van der Waals surface area contributed by atoms with Gasteiger partial charge < -0.3 is 4.74 Å². The molecule has 0 amide bonds. The van der Waals surface area contributed by atoms with Crippen LogP contribution in [0.15, 0.2) is 36.4 Å². The SMILES string of the molecule is CCC(C)c1ccc(OC2C=CCCC2)cc1. The Bertz CT molecular complexity index is 364. The van der Waals surface area contributed by atoms with Gasteiger partial charge in [-0.15, -0.1) is 0 Å². The first-order valence-corrected chi connectivity index (χ1v) is 6.73. The quantitative estimate of drug-likeness (QED) is 0.682. The summed E-state index contributed by atoms with van der Waals surface area (Å²) in [6.07, 6.45) is 9.46. The molecule has 0 radical (unpaired) electrons. The van der Waals surface area contributed by atoms with Crippen LogP contribution in [-0.4, -0.2) is 6.10 Å². The summed E-state index contributed by atoms with van der Waals surface area (Å²) in [5, 5.41) is 0. The summed E-state index contributed by atoms with van der Waals surface area (Å²) in [4.78, 5) is 0. The van der Waals surface area contributed by atoms with E-state index in [0.717, 1.165) is 12.2 Å². The normalized spacial score (nSPS) is 21.2. The first-order chi connectivity index (χ1) is 8.29. The molecule has 0 saturated carbocycles. The summed E-state index contributed by atoms with van der Waals surface area (Å²) < 4.78 is 5.94. The molecule has 1 aliphatic rings. The molecule has 2 unspecified atom stereocenters. The topological polar surface area (TPSA) is 9.23 Å². The molecule has 0 aromatic heterocycles. The van der Waals surface area contributed by atoms with Crippen molar-refractivity contribution in [2.45, 2.75) is 51.6 Å². The van der Waals surface area contributed by atoms with Crippen LogP contribution in [0.3, 0.4) is 0 Å². The van der Waals surface area contributed by atoms with Crippen LogP contribution in [0, 0.1) is 0 Å². The average Bonchev–Trinajstić information content (AvgIpc) is 2.40. The van der Waals surface area contributed by atoms with Crippen LogP contribution in [0.2, 0.25) is 0 Å². The molecule has 1 aromatic rings. The molecule has 92 valence electrons. The van der Waals surface area contributed by atoms with Crippen LogP contribution in [0.25, 0.3) is 0 Å². The Labute approximate surface area is 104 Å². The number of benzene rings is 1. The Morgan fingerprint density at radius 3 is 2.65 bits per heavy atom. The Morgan fingerprint density at radius 2 is 2.06 bits per heavy atom. The predicted molar refractivity (Wildman–Crippen MR) is 72.6 cm³/mol. The fourth-order valence-electron chi connectivity index (χ4n) is 2.16. The first-order valence-electron chi connectivity index (χ1n) is 6.73. The fraction of sp³-hybridized carbons (Fsp3) is 0.500. The van der Waals surface area contributed by atoms with Crippen LogP contribution in [0.5, 0.6) is 5.75 Å². The second-order valence-corrected chi connectivity index (χ2v) is 4.89. The third-order valence-corrected chi connectivity index (χ3v) is 3.56. The van der Waals surface area contributed by atoms with E-state index in [2.05, 4.69) is 50.3 Å². The second-order valence-electron chi connectivity index (χ2n) is 4.89. The molecule has 2 atom stereocenters. The third-order valence-electron chi connectivity index (χ3n) is 3.56. The minimum Gasteiger partial charge on any atom is -0.486 e. The second kappa shape index (κ2) is 5.90. The van der Waals surface area contributed by atoms with Crippen LogP contribution < -0.4 is 4.74 Å². The number of allylic oxidation sites excluding steroid dienone is 1. The number of hydrogen-bond acceptors (Lipinski definition) is 1. The van der Waals surface area contributed by atoms with Gasteiger partial charge in [-0.05, 0) is 55.4 Å². The summed E-state index contributed by atoms with van der Waals surface area (Å²) >= 11 is 0. The molecule has 1 aliphatic carbocycles. The molecular formula is C16H22O. The van der Waals surface area contributed by atoms with E-state index in [1.54, 1.807) is 0 Å². The highest BCUT2D eigenvalue weighted by molar-refractivity contribution is 5.29. The van der Waals surface area contributed by atoms with E-state index in [-0.39, 0.29) is 6.10 Å². The van der Waals surface area contributed by atoms with E-state index < -0.39 is 0 Å². The number of rotatable bonds is 4. The Balaban J connectivity index is 1.97. The van der Waals surface area contributed by atoms with Crippen molar-refractivity contribution >= 4 is 0 Å². The van der Waals surface area contributed by atoms with E-state index in [4.69, 9.17) is 4.74 Å². The van der Waals surface area contributed by atoms with Crippen LogP contribution in [0.4, 0.5) is 0 Å². The van der Waals surface area contributed by atoms with E-state index in [0.29, 0.717) is 5.92 Å². The van der Waals surface area contributed by atoms with Crippen molar-refractivity contribution in [2.24, 2.45) is 0 Å². The minimum absolute atomic E-state index is 0.276. The van der Waals surface area contributed by atoms with Gasteiger partial charge in [0.1, 0.15) is 11.9 Å². The summed E-state index contributed by atoms with van der Waals surface area (Å²) in [5.41, 5.74) is 1.40. The standard InChI is InChI=1S/C16H22O/c1-3-13(2)14-9-11-16(12-10-14)17-15-7-5-4-6-8-15/h5,7,9-13,15H,3-4,6,8H2,1-2H3. The molecule has 1 nitrogen and oxygen atoms in total. The van der Waals surface area contributed by atoms with Crippen molar-refractivity contribution in [1.29, 1.82) is 0 Å². The molecule has 1 aromatic carbocycles. The van der Waals surface area contributed by atoms with E-state index in [9.17, 15) is 0 Å². The van der Waals surface area contributed by atoms with E-state index in [1.165, 1.54) is 24.8 Å². The van der Waals surface area contributed by atoms with Gasteiger partial charge in [-0.25, -0.2) is 0 Å². The summed E-state index contributed by atoms with van der Waals surface area (Å²) in [7, 11) is 0. The molecule has 2 rings (SSSR count). The van der Waals surface area contributed by atoms with Gasteiger partial charge in [-0.2, -0.15) is 0 Å². The van der Waals surface area contributed by atoms with Gasteiger partial charge in [-0.1, -0.05) is 32.1 Å². The highest BCUT2D eigenvalue weighted by atomic mass is 16.5. The first kappa shape index (κ1) is 12.2. The lowest BCUT2D eigenvalue weighted by atomic mass is 9.99. The monoisotopic (exact) mass is 230 g/mol. The zero-order chi connectivity index (χ0) is 12.1. The third kappa shape index (κ3) is 3.36. The van der Waals surface area contributed by atoms with Crippen molar-refractivity contribution in [3.63, 3.8) is 0 Å². The van der Waals surface area contributed by atoms with Crippen molar-refractivity contribution in [2.75, 3.05) is 0 Å². The number of ether oxygens (including phenoxy) is 1. The molecule has 0 N–H and O–H groups in total. The summed E-state index contributed by atoms with van der Waals surface area (Å²) in [6, 6.07) is 8.58. The lowest BCUT2D eigenvalue weighted by Gasteiger charge is -2.19. The van der Waals surface area contributed by atoms with Gasteiger partial charge >= 0.3 is 0 Å². The molecule has 0 spiro atoms. The van der Waals surface area contributed by atoms with E-state index >= 15 is 0 Å². The predicted octanol–water partition coefficient (Wildman–Crippen LogP) is 4.69. The van der Waals surface area contributed by atoms with Crippen LogP contribution in [-0.2, 0) is 0 Å². The zero-order valence-electron chi connectivity index (χ0n) is 10.9. The Kier molecular flexibility index (Phi) is 4.24. The molecule has 0 bridgehead atoms. The molecular weight excluding hydrogens is 208 g/mol. The molecule has 0 saturated heterocycles.